The van der Waals surface area contributed by atoms with Crippen LogP contribution in [0.25, 0.3) is 10.4 Å². The first-order valence-corrected chi connectivity index (χ1v) is 8.61. The average molecular weight is 332 g/mol. The minimum absolute atomic E-state index is 0.00604. The minimum atomic E-state index is 0.00604. The lowest BCUT2D eigenvalue weighted by Gasteiger charge is -2.24. The van der Waals surface area contributed by atoms with Gasteiger partial charge in [-0.1, -0.05) is 23.7 Å². The van der Waals surface area contributed by atoms with E-state index in [-0.39, 0.29) is 11.9 Å². The number of carbonyl (C=O) groups is 1. The van der Waals surface area contributed by atoms with Crippen LogP contribution in [-0.4, -0.2) is 28.4 Å². The molecule has 5 heteroatoms. The van der Waals surface area contributed by atoms with E-state index in [0.29, 0.717) is 22.6 Å². The molecule has 113 valence electrons. The molecule has 1 saturated heterocycles. The Morgan fingerprint density at radius 3 is 3.00 bits per heavy atom. The van der Waals surface area contributed by atoms with E-state index in [2.05, 4.69) is 11.9 Å². The highest BCUT2D eigenvalue weighted by Crippen LogP contribution is 2.49. The molecule has 2 aliphatic rings. The summed E-state index contributed by atoms with van der Waals surface area (Å²) in [4.78, 5) is 20.2. The highest BCUT2D eigenvalue weighted by Gasteiger charge is 2.52. The topological polar surface area (TPSA) is 33.2 Å². The smallest absolute Gasteiger partial charge is 0.274 e. The molecule has 1 aliphatic carbocycles. The number of hydrogen-bond donors (Lipinski definition) is 0. The highest BCUT2D eigenvalue weighted by molar-refractivity contribution is 7.15. The lowest BCUT2D eigenvalue weighted by Crippen LogP contribution is -2.37. The van der Waals surface area contributed by atoms with Crippen LogP contribution in [0.1, 0.15) is 21.9 Å². The lowest BCUT2D eigenvalue weighted by atomic mass is 10.1. The molecule has 3 atom stereocenters. The van der Waals surface area contributed by atoms with Gasteiger partial charge in [-0.25, -0.2) is 4.98 Å². The summed E-state index contributed by atoms with van der Waals surface area (Å²) in [5.74, 6) is 1.26. The third-order valence-corrected chi connectivity index (χ3v) is 5.84. The van der Waals surface area contributed by atoms with Crippen molar-refractivity contribution in [3.05, 3.63) is 46.9 Å². The van der Waals surface area contributed by atoms with Crippen molar-refractivity contribution in [1.29, 1.82) is 0 Å². The molecule has 2 aromatic rings. The molecule has 0 spiro atoms. The van der Waals surface area contributed by atoms with Crippen molar-refractivity contribution >= 4 is 28.8 Å². The molecule has 2 fully saturated rings. The second-order valence-corrected chi connectivity index (χ2v) is 7.75. The monoisotopic (exact) mass is 331 g/mol. The average Bonchev–Trinajstić information content (AvgIpc) is 3.05. The van der Waals surface area contributed by atoms with E-state index < -0.39 is 0 Å². The maximum Gasteiger partial charge on any atom is 0.274 e. The molecule has 2 heterocycles. The van der Waals surface area contributed by atoms with Crippen molar-refractivity contribution in [2.75, 3.05) is 6.54 Å². The summed E-state index contributed by atoms with van der Waals surface area (Å²) in [5.41, 5.74) is 1.49. The molecular formula is C17H16ClN2OS. The second-order valence-electron chi connectivity index (χ2n) is 6.11. The maximum atomic E-state index is 12.9. The number of fused-ring (bicyclic) bond motifs is 1. The van der Waals surface area contributed by atoms with Gasteiger partial charge in [-0.2, -0.15) is 0 Å². The van der Waals surface area contributed by atoms with Crippen molar-refractivity contribution < 1.29 is 4.79 Å². The second kappa shape index (κ2) is 5.07. The number of hydrogen-bond acceptors (Lipinski definition) is 3. The highest BCUT2D eigenvalue weighted by atomic mass is 35.5. The third kappa shape index (κ3) is 2.25. The Morgan fingerprint density at radius 1 is 1.50 bits per heavy atom. The molecule has 22 heavy (non-hydrogen) atoms. The normalized spacial score (nSPS) is 26.1. The van der Waals surface area contributed by atoms with Gasteiger partial charge in [0, 0.05) is 17.6 Å². The zero-order valence-electron chi connectivity index (χ0n) is 12.3. The molecule has 1 aromatic carbocycles. The van der Waals surface area contributed by atoms with E-state index in [1.165, 1.54) is 17.8 Å². The number of thiazole rings is 1. The molecule has 0 N–H and O–H groups in total. The predicted octanol–water partition coefficient (Wildman–Crippen LogP) is 4.07. The number of benzene rings is 1. The summed E-state index contributed by atoms with van der Waals surface area (Å²) < 4.78 is 0. The molecule has 1 radical (unpaired) electrons. The first-order valence-electron chi connectivity index (χ1n) is 7.42. The summed E-state index contributed by atoms with van der Waals surface area (Å²) >= 11 is 7.63. The molecule has 1 aromatic heterocycles. The van der Waals surface area contributed by atoms with Gasteiger partial charge in [0.2, 0.25) is 0 Å². The first-order chi connectivity index (χ1) is 10.5. The number of nitrogens with zero attached hydrogens (tertiary/aromatic N) is 2. The zero-order chi connectivity index (χ0) is 15.4. The van der Waals surface area contributed by atoms with E-state index in [4.69, 9.17) is 11.6 Å². The van der Waals surface area contributed by atoms with Gasteiger partial charge in [-0.05, 0) is 49.8 Å². The van der Waals surface area contributed by atoms with Gasteiger partial charge < -0.3 is 4.90 Å². The van der Waals surface area contributed by atoms with Gasteiger partial charge >= 0.3 is 0 Å². The largest absolute Gasteiger partial charge is 0.334 e. The van der Waals surface area contributed by atoms with Crippen LogP contribution in [0.5, 0.6) is 0 Å². The molecule has 0 bridgehead atoms. The molecular weight excluding hydrogens is 316 g/mol. The van der Waals surface area contributed by atoms with Crippen molar-refractivity contribution in [2.45, 2.75) is 19.4 Å². The number of halogens is 1. The molecule has 1 amide bonds. The van der Waals surface area contributed by atoms with Crippen LogP contribution in [-0.2, 0) is 0 Å². The number of aromatic nitrogens is 1. The maximum absolute atomic E-state index is 12.9. The number of carbonyl (C=O) groups excluding carboxylic acids is 1. The van der Waals surface area contributed by atoms with E-state index in [1.54, 1.807) is 0 Å². The van der Waals surface area contributed by atoms with Gasteiger partial charge in [0.05, 0.1) is 9.88 Å². The Labute approximate surface area is 138 Å². The standard InChI is InChI=1S/C17H16ClN2OS/c1-9-14-7-12(14)8-20(9)17(21)15-16(22-10(2)19-15)11-4-3-5-13(18)6-11/h3-6,9,12,14H,1,7-8H2,2H3/t9-,12-,14+/m0/s1. The Kier molecular flexibility index (Phi) is 3.27. The summed E-state index contributed by atoms with van der Waals surface area (Å²) in [6, 6.07) is 7.68. The van der Waals surface area contributed by atoms with Gasteiger partial charge in [0.15, 0.2) is 0 Å². The molecule has 1 saturated carbocycles. The quantitative estimate of drug-likeness (QED) is 0.831. The van der Waals surface area contributed by atoms with Crippen molar-refractivity contribution in [3.8, 4) is 10.4 Å². The van der Waals surface area contributed by atoms with Gasteiger partial charge in [-0.15, -0.1) is 11.3 Å². The van der Waals surface area contributed by atoms with Crippen LogP contribution in [0.3, 0.4) is 0 Å². The fraction of sp³-hybridized carbons (Fsp3) is 0.353. The number of aryl methyl sites for hydroxylation is 1. The number of likely N-dealkylation sites (tertiary alicyclic amines) is 1. The molecule has 3 nitrogen and oxygen atoms in total. The van der Waals surface area contributed by atoms with E-state index >= 15 is 0 Å². The third-order valence-electron chi connectivity index (χ3n) is 4.59. The predicted molar refractivity (Wildman–Crippen MR) is 89.1 cm³/mol. The van der Waals surface area contributed by atoms with Crippen molar-refractivity contribution in [2.24, 2.45) is 11.8 Å². The van der Waals surface area contributed by atoms with Crippen LogP contribution >= 0.6 is 22.9 Å². The Bertz CT molecular complexity index is 757. The Morgan fingerprint density at radius 2 is 2.32 bits per heavy atom. The van der Waals surface area contributed by atoms with Crippen molar-refractivity contribution in [1.82, 2.24) is 9.88 Å². The molecule has 4 rings (SSSR count). The van der Waals surface area contributed by atoms with Crippen LogP contribution in [0, 0.1) is 25.7 Å². The summed E-state index contributed by atoms with van der Waals surface area (Å²) in [6.45, 7) is 6.92. The number of piperidine rings is 1. The van der Waals surface area contributed by atoms with Crippen LogP contribution < -0.4 is 0 Å². The molecule has 0 unspecified atom stereocenters. The van der Waals surface area contributed by atoms with E-state index in [9.17, 15) is 4.79 Å². The van der Waals surface area contributed by atoms with Gasteiger partial charge in [0.1, 0.15) is 5.69 Å². The summed E-state index contributed by atoms with van der Waals surface area (Å²) in [6.07, 6.45) is 1.22. The lowest BCUT2D eigenvalue weighted by molar-refractivity contribution is 0.0731. The van der Waals surface area contributed by atoms with Gasteiger partial charge in [-0.3, -0.25) is 4.79 Å². The zero-order valence-corrected chi connectivity index (χ0v) is 13.8. The van der Waals surface area contributed by atoms with Crippen LogP contribution in [0.2, 0.25) is 5.02 Å². The van der Waals surface area contributed by atoms with Gasteiger partial charge in [0.25, 0.3) is 5.91 Å². The summed E-state index contributed by atoms with van der Waals surface area (Å²) in [5, 5.41) is 1.56. The number of rotatable bonds is 2. The number of amides is 1. The fourth-order valence-electron chi connectivity index (χ4n) is 3.34. The minimum Gasteiger partial charge on any atom is -0.334 e. The Hall–Kier alpha value is -1.39. The van der Waals surface area contributed by atoms with Crippen molar-refractivity contribution in [3.63, 3.8) is 0 Å². The molecule has 1 aliphatic heterocycles. The summed E-state index contributed by atoms with van der Waals surface area (Å²) in [7, 11) is 0. The van der Waals surface area contributed by atoms with Crippen LogP contribution in [0.15, 0.2) is 24.3 Å². The fourth-order valence-corrected chi connectivity index (χ4v) is 4.44. The first kappa shape index (κ1) is 14.2. The SMILES string of the molecule is [CH2][C@H]1[C@H]2C[C@H]2CN1C(=O)c1nc(C)sc1-c1cccc(Cl)c1. The van der Waals surface area contributed by atoms with E-state index in [0.717, 1.165) is 22.0 Å². The Balaban J connectivity index is 1.71. The van der Waals surface area contributed by atoms with Crippen LogP contribution in [0.4, 0.5) is 0 Å². The van der Waals surface area contributed by atoms with E-state index in [1.807, 2.05) is 36.1 Å².